The van der Waals surface area contributed by atoms with Gasteiger partial charge in [0.25, 0.3) is 5.91 Å². The molecule has 0 atom stereocenters. The summed E-state index contributed by atoms with van der Waals surface area (Å²) in [6, 6.07) is 18.7. The Morgan fingerprint density at radius 2 is 1.72 bits per heavy atom. The molecule has 0 spiro atoms. The molecule has 0 saturated heterocycles. The van der Waals surface area contributed by atoms with Gasteiger partial charge in [-0.25, -0.2) is 4.98 Å². The number of ether oxygens (including phenoxy) is 1. The summed E-state index contributed by atoms with van der Waals surface area (Å²) >= 11 is 12.7. The predicted octanol–water partition coefficient (Wildman–Crippen LogP) is 6.24. The zero-order valence-corrected chi connectivity index (χ0v) is 19.3. The van der Waals surface area contributed by atoms with Crippen molar-refractivity contribution < 1.29 is 9.53 Å². The van der Waals surface area contributed by atoms with Gasteiger partial charge in [-0.2, -0.15) is 0 Å². The second-order valence-electron chi connectivity index (χ2n) is 7.48. The third-order valence-electron chi connectivity index (χ3n) is 5.22. The summed E-state index contributed by atoms with van der Waals surface area (Å²) in [4.78, 5) is 17.3. The van der Waals surface area contributed by atoms with E-state index in [4.69, 9.17) is 38.7 Å². The van der Waals surface area contributed by atoms with Gasteiger partial charge >= 0.3 is 0 Å². The lowest BCUT2D eigenvalue weighted by molar-refractivity contribution is 0.0996. The molecule has 1 aromatic heterocycles. The second kappa shape index (κ2) is 8.69. The van der Waals surface area contributed by atoms with Crippen molar-refractivity contribution in [2.75, 3.05) is 7.11 Å². The summed E-state index contributed by atoms with van der Waals surface area (Å²) in [6.45, 7) is 3.96. The van der Waals surface area contributed by atoms with E-state index in [-0.39, 0.29) is 5.69 Å². The number of hydrogen-bond acceptors (Lipinski definition) is 3. The molecule has 0 radical (unpaired) electrons. The lowest BCUT2D eigenvalue weighted by Gasteiger charge is -2.17. The molecule has 32 heavy (non-hydrogen) atoms. The average Bonchev–Trinajstić information content (AvgIpc) is 3.16. The molecule has 0 unspecified atom stereocenters. The minimum absolute atomic E-state index is 0.112. The predicted molar refractivity (Wildman–Crippen MR) is 129 cm³/mol. The van der Waals surface area contributed by atoms with Crippen molar-refractivity contribution in [2.45, 2.75) is 13.8 Å². The third-order valence-corrected chi connectivity index (χ3v) is 5.69. The molecule has 2 N–H and O–H groups in total. The number of hydrogen-bond donors (Lipinski definition) is 1. The van der Waals surface area contributed by atoms with Crippen molar-refractivity contribution >= 4 is 29.1 Å². The van der Waals surface area contributed by atoms with Crippen LogP contribution >= 0.6 is 23.2 Å². The molecule has 162 valence electrons. The maximum absolute atomic E-state index is 12.6. The number of aryl methyl sites for hydroxylation is 2. The number of nitrogens with zero attached hydrogens (tertiary/aromatic N) is 2. The lowest BCUT2D eigenvalue weighted by Crippen LogP contribution is -2.13. The van der Waals surface area contributed by atoms with Gasteiger partial charge in [0.2, 0.25) is 0 Å². The molecule has 0 bridgehead atoms. The number of benzene rings is 3. The van der Waals surface area contributed by atoms with Gasteiger partial charge in [0, 0.05) is 21.2 Å². The summed E-state index contributed by atoms with van der Waals surface area (Å²) in [6.07, 6.45) is 0. The molecule has 0 saturated carbocycles. The summed E-state index contributed by atoms with van der Waals surface area (Å²) in [5.41, 5.74) is 10.6. The van der Waals surface area contributed by atoms with Crippen molar-refractivity contribution in [1.29, 1.82) is 0 Å². The van der Waals surface area contributed by atoms with Crippen LogP contribution in [-0.2, 0) is 0 Å². The Hall–Kier alpha value is -3.28. The van der Waals surface area contributed by atoms with E-state index < -0.39 is 5.91 Å². The second-order valence-corrected chi connectivity index (χ2v) is 8.35. The van der Waals surface area contributed by atoms with E-state index in [2.05, 4.69) is 0 Å². The van der Waals surface area contributed by atoms with E-state index >= 15 is 0 Å². The van der Waals surface area contributed by atoms with Gasteiger partial charge in [0.05, 0.1) is 18.5 Å². The van der Waals surface area contributed by atoms with E-state index in [1.165, 1.54) is 0 Å². The summed E-state index contributed by atoms with van der Waals surface area (Å²) in [5, 5.41) is 1.04. The van der Waals surface area contributed by atoms with Crippen LogP contribution in [0.5, 0.6) is 5.75 Å². The maximum atomic E-state index is 12.6. The van der Waals surface area contributed by atoms with Crippen molar-refractivity contribution in [1.82, 2.24) is 9.55 Å². The SMILES string of the molecule is COc1ccc(Cl)cc1-c1c(C(N)=O)nc(-c2cccc(C)c2)n1-c1cc(Cl)ccc1C. The molecule has 0 aliphatic rings. The maximum Gasteiger partial charge on any atom is 0.269 e. The van der Waals surface area contributed by atoms with Crippen LogP contribution in [0.1, 0.15) is 21.6 Å². The summed E-state index contributed by atoms with van der Waals surface area (Å²) in [5.74, 6) is 0.438. The number of primary amides is 1. The van der Waals surface area contributed by atoms with Crippen molar-refractivity contribution in [3.63, 3.8) is 0 Å². The van der Waals surface area contributed by atoms with Gasteiger partial charge in [-0.05, 0) is 55.8 Å². The minimum atomic E-state index is -0.658. The number of carbonyl (C=O) groups excluding carboxylic acids is 1. The largest absolute Gasteiger partial charge is 0.496 e. The van der Waals surface area contributed by atoms with Crippen LogP contribution in [0.2, 0.25) is 10.0 Å². The summed E-state index contributed by atoms with van der Waals surface area (Å²) < 4.78 is 7.48. The fourth-order valence-corrected chi connectivity index (χ4v) is 4.08. The molecule has 0 fully saturated rings. The summed E-state index contributed by atoms with van der Waals surface area (Å²) in [7, 11) is 1.56. The van der Waals surface area contributed by atoms with Gasteiger partial charge < -0.3 is 10.5 Å². The number of carbonyl (C=O) groups is 1. The number of amides is 1. The Labute approximate surface area is 196 Å². The van der Waals surface area contributed by atoms with Gasteiger partial charge in [-0.1, -0.05) is 53.0 Å². The van der Waals surface area contributed by atoms with E-state index in [9.17, 15) is 4.79 Å². The monoisotopic (exact) mass is 465 g/mol. The quantitative estimate of drug-likeness (QED) is 0.379. The first kappa shape index (κ1) is 21.9. The van der Waals surface area contributed by atoms with Gasteiger partial charge in [-0.3, -0.25) is 9.36 Å². The van der Waals surface area contributed by atoms with Crippen LogP contribution < -0.4 is 10.5 Å². The molecule has 1 amide bonds. The van der Waals surface area contributed by atoms with Crippen LogP contribution in [0.25, 0.3) is 28.3 Å². The van der Waals surface area contributed by atoms with E-state index in [0.29, 0.717) is 32.9 Å². The Bertz CT molecular complexity index is 1350. The highest BCUT2D eigenvalue weighted by molar-refractivity contribution is 6.31. The third kappa shape index (κ3) is 3.97. The minimum Gasteiger partial charge on any atom is -0.496 e. The van der Waals surface area contributed by atoms with Crippen LogP contribution in [0.4, 0.5) is 0 Å². The fourth-order valence-electron chi connectivity index (χ4n) is 3.74. The first-order valence-corrected chi connectivity index (χ1v) is 10.7. The fraction of sp³-hybridized carbons (Fsp3) is 0.120. The zero-order chi connectivity index (χ0) is 23.0. The van der Waals surface area contributed by atoms with Crippen LogP contribution in [0, 0.1) is 13.8 Å². The normalized spacial score (nSPS) is 10.9. The van der Waals surface area contributed by atoms with E-state index in [1.807, 2.05) is 60.9 Å². The van der Waals surface area contributed by atoms with Gasteiger partial charge in [0.1, 0.15) is 11.6 Å². The standard InChI is InChI=1S/C25H21Cl2N3O2/c1-14-5-4-6-16(11-14)25-29-22(24(28)31)23(19-12-17(26)9-10-21(19)32-3)30(25)20-13-18(27)8-7-15(20)2/h4-13H,1-3H3,(H2,28,31). The van der Waals surface area contributed by atoms with Crippen molar-refractivity contribution in [3.8, 4) is 34.1 Å². The van der Waals surface area contributed by atoms with Crippen LogP contribution in [0.3, 0.4) is 0 Å². The highest BCUT2D eigenvalue weighted by Gasteiger charge is 2.27. The molecular formula is C25H21Cl2N3O2. The van der Waals surface area contributed by atoms with Crippen molar-refractivity contribution in [3.05, 3.63) is 87.5 Å². The molecule has 5 nitrogen and oxygen atoms in total. The molecular weight excluding hydrogens is 445 g/mol. The number of halogens is 2. The first-order chi connectivity index (χ1) is 15.3. The molecule has 0 aliphatic carbocycles. The van der Waals surface area contributed by atoms with Gasteiger partial charge in [-0.15, -0.1) is 0 Å². The zero-order valence-electron chi connectivity index (χ0n) is 17.8. The lowest BCUT2D eigenvalue weighted by atomic mass is 10.1. The highest BCUT2D eigenvalue weighted by Crippen LogP contribution is 2.40. The molecule has 1 heterocycles. The molecule has 3 aromatic carbocycles. The van der Waals surface area contributed by atoms with E-state index in [0.717, 1.165) is 22.4 Å². The number of imidazole rings is 1. The Morgan fingerprint density at radius 3 is 2.41 bits per heavy atom. The Balaban J connectivity index is 2.19. The number of rotatable bonds is 5. The molecule has 7 heteroatoms. The topological polar surface area (TPSA) is 70.1 Å². The number of methoxy groups -OCH3 is 1. The Kier molecular flexibility index (Phi) is 5.96. The smallest absolute Gasteiger partial charge is 0.269 e. The van der Waals surface area contributed by atoms with Crippen molar-refractivity contribution in [2.24, 2.45) is 5.73 Å². The van der Waals surface area contributed by atoms with Crippen LogP contribution in [0.15, 0.2) is 60.7 Å². The average molecular weight is 466 g/mol. The number of aromatic nitrogens is 2. The highest BCUT2D eigenvalue weighted by atomic mass is 35.5. The molecule has 0 aliphatic heterocycles. The number of nitrogens with two attached hydrogens (primary N) is 1. The van der Waals surface area contributed by atoms with Gasteiger partial charge in [0.15, 0.2) is 5.69 Å². The first-order valence-electron chi connectivity index (χ1n) is 9.90. The Morgan fingerprint density at radius 1 is 1.00 bits per heavy atom. The van der Waals surface area contributed by atoms with E-state index in [1.54, 1.807) is 25.3 Å². The molecule has 4 rings (SSSR count). The van der Waals surface area contributed by atoms with Crippen LogP contribution in [-0.4, -0.2) is 22.6 Å². The molecule has 4 aromatic rings.